The lowest BCUT2D eigenvalue weighted by Gasteiger charge is -2.17. The summed E-state index contributed by atoms with van der Waals surface area (Å²) < 4.78 is 11.6. The second kappa shape index (κ2) is 12.3. The van der Waals surface area contributed by atoms with Crippen molar-refractivity contribution >= 4 is 5.91 Å². The van der Waals surface area contributed by atoms with Crippen molar-refractivity contribution in [3.8, 4) is 28.6 Å². The topological polar surface area (TPSA) is 121 Å². The summed E-state index contributed by atoms with van der Waals surface area (Å²) >= 11 is 0. The van der Waals surface area contributed by atoms with Gasteiger partial charge in [0.1, 0.15) is 25.1 Å². The number of hydrogen-bond acceptors (Lipinski definition) is 8. The van der Waals surface area contributed by atoms with Crippen molar-refractivity contribution in [1.29, 1.82) is 0 Å². The smallest absolute Gasteiger partial charge is 0.258 e. The maximum absolute atomic E-state index is 11.2. The number of nitrogens with one attached hydrogen (secondary N) is 1. The molecule has 9 nitrogen and oxygen atoms in total. The number of carbonyl (C=O) groups excluding carboxylic acids is 1. The van der Waals surface area contributed by atoms with E-state index in [0.29, 0.717) is 23.9 Å². The summed E-state index contributed by atoms with van der Waals surface area (Å²) in [6, 6.07) is 10.3. The van der Waals surface area contributed by atoms with E-state index in [2.05, 4.69) is 40.5 Å². The van der Waals surface area contributed by atoms with Crippen LogP contribution in [-0.2, 0) is 17.8 Å². The molecule has 0 saturated carbocycles. The lowest BCUT2D eigenvalue weighted by molar-refractivity contribution is -0.124. The third kappa shape index (κ3) is 6.94. The molecule has 1 aromatic heterocycles. The Kier molecular flexibility index (Phi) is 8.91. The first-order valence-corrected chi connectivity index (χ1v) is 12.9. The summed E-state index contributed by atoms with van der Waals surface area (Å²) in [7, 11) is 0. The van der Waals surface area contributed by atoms with Gasteiger partial charge in [-0.15, -0.1) is 0 Å². The molecule has 1 fully saturated rings. The van der Waals surface area contributed by atoms with E-state index < -0.39 is 18.6 Å². The first-order chi connectivity index (χ1) is 17.9. The summed E-state index contributed by atoms with van der Waals surface area (Å²) in [5.41, 5.74) is 6.00. The van der Waals surface area contributed by atoms with Gasteiger partial charge in [-0.2, -0.15) is 4.98 Å². The molecular weight excluding hydrogens is 472 g/mol. The number of ether oxygens (including phenoxy) is 1. The van der Waals surface area contributed by atoms with E-state index in [1.54, 1.807) is 0 Å². The number of rotatable bonds is 11. The fourth-order valence-corrected chi connectivity index (χ4v) is 4.71. The van der Waals surface area contributed by atoms with Gasteiger partial charge in [0.05, 0.1) is 0 Å². The molecule has 0 unspecified atom stereocenters. The summed E-state index contributed by atoms with van der Waals surface area (Å²) in [5, 5.41) is 25.6. The minimum Gasteiger partial charge on any atom is -0.490 e. The van der Waals surface area contributed by atoms with Gasteiger partial charge in [-0.25, -0.2) is 0 Å². The molecule has 2 aromatic carbocycles. The van der Waals surface area contributed by atoms with Crippen LogP contribution in [0.1, 0.15) is 42.0 Å². The van der Waals surface area contributed by atoms with Crippen LogP contribution in [0.15, 0.2) is 34.9 Å². The molecule has 9 heteroatoms. The standard InChI is InChI=1S/C28H36N4O5/c1-4-21-13-22(11-19(3)26(21)36-17-24(34)14-29-25(35)16-33)27-30-28(37-31-27)23-10-18(2)9-20(12-23)15-32-7-5-6-8-32/h9-13,24,33-34H,4-8,14-17H2,1-3H3,(H,29,35)/t24-/m0/s1. The van der Waals surface area contributed by atoms with Gasteiger partial charge in [0.2, 0.25) is 11.7 Å². The molecule has 1 aliphatic rings. The lowest BCUT2D eigenvalue weighted by Crippen LogP contribution is -2.36. The van der Waals surface area contributed by atoms with Crippen LogP contribution in [-0.4, -0.2) is 70.1 Å². The number of aryl methyl sites for hydroxylation is 3. The van der Waals surface area contributed by atoms with Gasteiger partial charge in [-0.05, 0) is 87.2 Å². The van der Waals surface area contributed by atoms with E-state index in [1.807, 2.05) is 26.0 Å². The van der Waals surface area contributed by atoms with Crippen molar-refractivity contribution < 1.29 is 24.3 Å². The van der Waals surface area contributed by atoms with Gasteiger partial charge in [0.15, 0.2) is 0 Å². The van der Waals surface area contributed by atoms with Crippen LogP contribution < -0.4 is 10.1 Å². The summed E-state index contributed by atoms with van der Waals surface area (Å²) in [6.07, 6.45) is 2.34. The highest BCUT2D eigenvalue weighted by Gasteiger charge is 2.18. The Balaban J connectivity index is 1.49. The molecule has 4 rings (SSSR count). The van der Waals surface area contributed by atoms with Gasteiger partial charge in [0, 0.05) is 24.2 Å². The van der Waals surface area contributed by atoms with Gasteiger partial charge < -0.3 is 24.8 Å². The molecule has 1 atom stereocenters. The Bertz CT molecular complexity index is 1220. The number of aliphatic hydroxyl groups excluding tert-OH is 2. The van der Waals surface area contributed by atoms with Crippen LogP contribution in [0.4, 0.5) is 0 Å². The van der Waals surface area contributed by atoms with E-state index in [9.17, 15) is 9.90 Å². The SMILES string of the molecule is CCc1cc(-c2noc(-c3cc(C)cc(CN4CCCC4)c3)n2)cc(C)c1OC[C@@H](O)CNC(=O)CO. The molecule has 0 radical (unpaired) electrons. The number of hydrogen-bond donors (Lipinski definition) is 3. The number of aliphatic hydroxyl groups is 2. The quantitative estimate of drug-likeness (QED) is 0.361. The third-order valence-corrected chi connectivity index (χ3v) is 6.50. The van der Waals surface area contributed by atoms with Gasteiger partial charge in [-0.3, -0.25) is 9.69 Å². The van der Waals surface area contributed by atoms with Crippen LogP contribution in [0.3, 0.4) is 0 Å². The van der Waals surface area contributed by atoms with E-state index in [4.69, 9.17) is 19.4 Å². The van der Waals surface area contributed by atoms with E-state index in [0.717, 1.165) is 47.5 Å². The number of likely N-dealkylation sites (tertiary alicyclic amines) is 1. The molecule has 0 aliphatic carbocycles. The van der Waals surface area contributed by atoms with E-state index in [-0.39, 0.29) is 13.2 Å². The molecule has 0 spiro atoms. The van der Waals surface area contributed by atoms with Crippen LogP contribution in [0.25, 0.3) is 22.8 Å². The van der Waals surface area contributed by atoms with Gasteiger partial charge in [-0.1, -0.05) is 23.7 Å². The van der Waals surface area contributed by atoms with Crippen molar-refractivity contribution in [1.82, 2.24) is 20.4 Å². The van der Waals surface area contributed by atoms with Crippen molar-refractivity contribution in [2.24, 2.45) is 0 Å². The van der Waals surface area contributed by atoms with Gasteiger partial charge in [0.25, 0.3) is 5.89 Å². The molecule has 1 amide bonds. The predicted molar refractivity (Wildman–Crippen MR) is 140 cm³/mol. The zero-order chi connectivity index (χ0) is 26.4. The van der Waals surface area contributed by atoms with Crippen molar-refractivity contribution in [2.45, 2.75) is 52.7 Å². The number of amides is 1. The minimum atomic E-state index is -0.899. The number of nitrogens with zero attached hydrogens (tertiary/aromatic N) is 3. The Morgan fingerprint density at radius 2 is 1.95 bits per heavy atom. The summed E-state index contributed by atoms with van der Waals surface area (Å²) in [4.78, 5) is 18.4. The predicted octanol–water partition coefficient (Wildman–Crippen LogP) is 3.03. The highest BCUT2D eigenvalue weighted by atomic mass is 16.5. The second-order valence-corrected chi connectivity index (χ2v) is 9.68. The molecule has 37 heavy (non-hydrogen) atoms. The number of carbonyl (C=O) groups is 1. The number of benzene rings is 2. The maximum atomic E-state index is 11.2. The molecule has 3 N–H and O–H groups in total. The monoisotopic (exact) mass is 508 g/mol. The molecule has 198 valence electrons. The van der Waals surface area contributed by atoms with Crippen LogP contribution in [0.5, 0.6) is 5.75 Å². The molecular formula is C28H36N4O5. The average molecular weight is 509 g/mol. The third-order valence-electron chi connectivity index (χ3n) is 6.50. The highest BCUT2D eigenvalue weighted by molar-refractivity contribution is 5.76. The summed E-state index contributed by atoms with van der Waals surface area (Å²) in [6.45, 7) is 8.66. The van der Waals surface area contributed by atoms with E-state index >= 15 is 0 Å². The van der Waals surface area contributed by atoms with Gasteiger partial charge >= 0.3 is 0 Å². The molecule has 1 aliphatic heterocycles. The largest absolute Gasteiger partial charge is 0.490 e. The maximum Gasteiger partial charge on any atom is 0.258 e. The second-order valence-electron chi connectivity index (χ2n) is 9.68. The van der Waals surface area contributed by atoms with Crippen molar-refractivity contribution in [2.75, 3.05) is 32.8 Å². The Morgan fingerprint density at radius 1 is 1.16 bits per heavy atom. The Hall–Kier alpha value is -3.27. The summed E-state index contributed by atoms with van der Waals surface area (Å²) in [5.74, 6) is 1.15. The Morgan fingerprint density at radius 3 is 2.68 bits per heavy atom. The molecule has 1 saturated heterocycles. The first-order valence-electron chi connectivity index (χ1n) is 12.9. The fourth-order valence-electron chi connectivity index (χ4n) is 4.71. The van der Waals surface area contributed by atoms with Crippen LogP contribution >= 0.6 is 0 Å². The van der Waals surface area contributed by atoms with Crippen molar-refractivity contribution in [3.05, 3.63) is 52.6 Å². The lowest BCUT2D eigenvalue weighted by atomic mass is 10.0. The fraction of sp³-hybridized carbons (Fsp3) is 0.464. The highest BCUT2D eigenvalue weighted by Crippen LogP contribution is 2.31. The first kappa shape index (κ1) is 26.8. The zero-order valence-electron chi connectivity index (χ0n) is 21.8. The normalized spacial score (nSPS) is 14.6. The Labute approximate surface area is 217 Å². The van der Waals surface area contributed by atoms with Crippen molar-refractivity contribution in [3.63, 3.8) is 0 Å². The van der Waals surface area contributed by atoms with Crippen LogP contribution in [0.2, 0.25) is 0 Å². The van der Waals surface area contributed by atoms with E-state index in [1.165, 1.54) is 18.4 Å². The number of aromatic nitrogens is 2. The molecule has 3 aromatic rings. The van der Waals surface area contributed by atoms with Crippen LogP contribution in [0, 0.1) is 13.8 Å². The zero-order valence-corrected chi connectivity index (χ0v) is 21.8. The minimum absolute atomic E-state index is 0.00231. The molecule has 0 bridgehead atoms. The molecule has 2 heterocycles. The average Bonchev–Trinajstić information content (AvgIpc) is 3.58.